The van der Waals surface area contributed by atoms with E-state index in [1.807, 2.05) is 11.3 Å². The molecule has 0 saturated carbocycles. The van der Waals surface area contributed by atoms with Crippen molar-refractivity contribution in [1.82, 2.24) is 10.2 Å². The fourth-order valence-corrected chi connectivity index (χ4v) is 3.71. The van der Waals surface area contributed by atoms with Gasteiger partial charge in [0.05, 0.1) is 0 Å². The summed E-state index contributed by atoms with van der Waals surface area (Å²) >= 11 is 1.88. The Labute approximate surface area is 115 Å². The lowest BCUT2D eigenvalue weighted by atomic mass is 9.95. The Morgan fingerprint density at radius 1 is 1.56 bits per heavy atom. The molecular formula is C15H26N2S. The molecule has 0 amide bonds. The minimum Gasteiger partial charge on any atom is -0.309 e. The van der Waals surface area contributed by atoms with Crippen LogP contribution in [0.5, 0.6) is 0 Å². The van der Waals surface area contributed by atoms with Crippen LogP contribution in [0.3, 0.4) is 0 Å². The summed E-state index contributed by atoms with van der Waals surface area (Å²) in [4.78, 5) is 4.21. The average molecular weight is 266 g/mol. The predicted molar refractivity (Wildman–Crippen MR) is 80.4 cm³/mol. The Hall–Kier alpha value is -0.380. The Kier molecular flexibility index (Phi) is 4.46. The molecule has 0 aromatic carbocycles. The van der Waals surface area contributed by atoms with Crippen molar-refractivity contribution in [2.45, 2.75) is 58.2 Å². The second-order valence-electron chi connectivity index (χ2n) is 6.13. The van der Waals surface area contributed by atoms with Crippen molar-refractivity contribution in [1.29, 1.82) is 0 Å². The first-order chi connectivity index (χ1) is 8.52. The largest absolute Gasteiger partial charge is 0.309 e. The van der Waals surface area contributed by atoms with Crippen LogP contribution < -0.4 is 5.32 Å². The molecule has 1 aromatic rings. The number of hydrogen-bond acceptors (Lipinski definition) is 3. The van der Waals surface area contributed by atoms with Crippen molar-refractivity contribution >= 4 is 11.3 Å². The fourth-order valence-electron chi connectivity index (χ4n) is 2.88. The summed E-state index contributed by atoms with van der Waals surface area (Å²) in [7, 11) is 0. The van der Waals surface area contributed by atoms with Gasteiger partial charge in [-0.3, -0.25) is 4.90 Å². The standard InChI is InChI=1S/C15H26N2S/c1-5-13-10-16-15(3,4)11-17(13)12(2)9-14-7-6-8-18-14/h6-8,12-13,16H,5,9-11H2,1-4H3. The molecule has 0 spiro atoms. The maximum Gasteiger partial charge on any atom is 0.0253 e. The molecule has 102 valence electrons. The molecule has 1 saturated heterocycles. The van der Waals surface area contributed by atoms with Crippen LogP contribution in [-0.4, -0.2) is 35.6 Å². The number of thiophene rings is 1. The van der Waals surface area contributed by atoms with E-state index in [1.165, 1.54) is 17.7 Å². The zero-order valence-corrected chi connectivity index (χ0v) is 12.9. The van der Waals surface area contributed by atoms with Crippen LogP contribution in [0.1, 0.15) is 39.0 Å². The van der Waals surface area contributed by atoms with Crippen LogP contribution in [0.25, 0.3) is 0 Å². The number of nitrogens with one attached hydrogen (secondary N) is 1. The third kappa shape index (κ3) is 3.34. The molecule has 0 aliphatic carbocycles. The number of nitrogens with zero attached hydrogens (tertiary/aromatic N) is 1. The molecule has 1 aliphatic rings. The SMILES string of the molecule is CCC1CNC(C)(C)CN1C(C)Cc1cccs1. The lowest BCUT2D eigenvalue weighted by Gasteiger charge is -2.47. The topological polar surface area (TPSA) is 15.3 Å². The average Bonchev–Trinajstić information content (AvgIpc) is 2.80. The molecule has 2 atom stereocenters. The maximum atomic E-state index is 3.66. The van der Waals surface area contributed by atoms with E-state index in [9.17, 15) is 0 Å². The third-order valence-electron chi connectivity index (χ3n) is 3.98. The summed E-state index contributed by atoms with van der Waals surface area (Å²) in [5, 5.41) is 5.85. The highest BCUT2D eigenvalue weighted by molar-refractivity contribution is 7.09. The first-order valence-electron chi connectivity index (χ1n) is 7.05. The lowest BCUT2D eigenvalue weighted by molar-refractivity contribution is 0.0587. The molecule has 1 N–H and O–H groups in total. The van der Waals surface area contributed by atoms with Gasteiger partial charge in [0.25, 0.3) is 0 Å². The predicted octanol–water partition coefficient (Wildman–Crippen LogP) is 3.14. The van der Waals surface area contributed by atoms with Crippen LogP contribution in [0.4, 0.5) is 0 Å². The van der Waals surface area contributed by atoms with E-state index in [0.29, 0.717) is 12.1 Å². The zero-order chi connectivity index (χ0) is 13.2. The molecular weight excluding hydrogens is 240 g/mol. The third-order valence-corrected chi connectivity index (χ3v) is 4.88. The Morgan fingerprint density at radius 3 is 2.94 bits per heavy atom. The van der Waals surface area contributed by atoms with Gasteiger partial charge >= 0.3 is 0 Å². The first-order valence-corrected chi connectivity index (χ1v) is 7.93. The van der Waals surface area contributed by atoms with Gasteiger partial charge in [0.1, 0.15) is 0 Å². The molecule has 3 heteroatoms. The van der Waals surface area contributed by atoms with E-state index >= 15 is 0 Å². The molecule has 1 aromatic heterocycles. The molecule has 0 bridgehead atoms. The molecule has 2 nitrogen and oxygen atoms in total. The summed E-state index contributed by atoms with van der Waals surface area (Å²) in [6.45, 7) is 11.6. The van der Waals surface area contributed by atoms with Gasteiger partial charge in [-0.2, -0.15) is 0 Å². The van der Waals surface area contributed by atoms with Crippen molar-refractivity contribution in [3.8, 4) is 0 Å². The molecule has 1 aliphatic heterocycles. The van der Waals surface area contributed by atoms with E-state index in [2.05, 4.69) is 55.4 Å². The van der Waals surface area contributed by atoms with Crippen molar-refractivity contribution in [2.24, 2.45) is 0 Å². The highest BCUT2D eigenvalue weighted by atomic mass is 32.1. The van der Waals surface area contributed by atoms with E-state index in [-0.39, 0.29) is 5.54 Å². The summed E-state index contributed by atoms with van der Waals surface area (Å²) < 4.78 is 0. The van der Waals surface area contributed by atoms with E-state index < -0.39 is 0 Å². The first kappa shape index (κ1) is 14.0. The summed E-state index contributed by atoms with van der Waals surface area (Å²) in [6.07, 6.45) is 2.42. The van der Waals surface area contributed by atoms with E-state index in [4.69, 9.17) is 0 Å². The molecule has 2 unspecified atom stereocenters. The van der Waals surface area contributed by atoms with Crippen molar-refractivity contribution in [2.75, 3.05) is 13.1 Å². The van der Waals surface area contributed by atoms with Crippen LogP contribution in [0.15, 0.2) is 17.5 Å². The number of hydrogen-bond donors (Lipinski definition) is 1. The molecule has 18 heavy (non-hydrogen) atoms. The minimum absolute atomic E-state index is 0.245. The lowest BCUT2D eigenvalue weighted by Crippen LogP contribution is -2.63. The normalized spacial score (nSPS) is 26.1. The number of piperazine rings is 1. The van der Waals surface area contributed by atoms with E-state index in [1.54, 1.807) is 0 Å². The van der Waals surface area contributed by atoms with Gasteiger partial charge in [-0.25, -0.2) is 0 Å². The Morgan fingerprint density at radius 2 is 2.33 bits per heavy atom. The molecule has 2 heterocycles. The van der Waals surface area contributed by atoms with Crippen molar-refractivity contribution < 1.29 is 0 Å². The Balaban J connectivity index is 2.03. The van der Waals surface area contributed by atoms with Crippen molar-refractivity contribution in [3.63, 3.8) is 0 Å². The maximum absolute atomic E-state index is 3.66. The minimum atomic E-state index is 0.245. The summed E-state index contributed by atoms with van der Waals surface area (Å²) in [6, 6.07) is 5.74. The molecule has 0 radical (unpaired) electrons. The van der Waals surface area contributed by atoms with Gasteiger partial charge in [0.2, 0.25) is 0 Å². The quantitative estimate of drug-likeness (QED) is 0.900. The van der Waals surface area contributed by atoms with Gasteiger partial charge in [-0.05, 0) is 45.1 Å². The highest BCUT2D eigenvalue weighted by Crippen LogP contribution is 2.22. The van der Waals surface area contributed by atoms with Crippen LogP contribution in [-0.2, 0) is 6.42 Å². The second kappa shape index (κ2) is 5.72. The van der Waals surface area contributed by atoms with Crippen LogP contribution in [0, 0.1) is 0 Å². The van der Waals surface area contributed by atoms with Crippen molar-refractivity contribution in [3.05, 3.63) is 22.4 Å². The zero-order valence-electron chi connectivity index (χ0n) is 12.1. The van der Waals surface area contributed by atoms with Gasteiger partial charge in [0, 0.05) is 35.6 Å². The van der Waals surface area contributed by atoms with Crippen LogP contribution in [0.2, 0.25) is 0 Å². The summed E-state index contributed by atoms with van der Waals surface area (Å²) in [5.41, 5.74) is 0.245. The fraction of sp³-hybridized carbons (Fsp3) is 0.733. The number of rotatable bonds is 4. The van der Waals surface area contributed by atoms with Crippen LogP contribution >= 0.6 is 11.3 Å². The second-order valence-corrected chi connectivity index (χ2v) is 7.16. The van der Waals surface area contributed by atoms with Gasteiger partial charge in [-0.1, -0.05) is 13.0 Å². The van der Waals surface area contributed by atoms with Gasteiger partial charge in [-0.15, -0.1) is 11.3 Å². The molecule has 1 fully saturated rings. The highest BCUT2D eigenvalue weighted by Gasteiger charge is 2.33. The van der Waals surface area contributed by atoms with Gasteiger partial charge in [0.15, 0.2) is 0 Å². The summed E-state index contributed by atoms with van der Waals surface area (Å²) in [5.74, 6) is 0. The van der Waals surface area contributed by atoms with E-state index in [0.717, 1.165) is 13.1 Å². The van der Waals surface area contributed by atoms with Gasteiger partial charge < -0.3 is 5.32 Å². The monoisotopic (exact) mass is 266 g/mol. The molecule has 2 rings (SSSR count). The Bertz CT molecular complexity index is 359. The smallest absolute Gasteiger partial charge is 0.0253 e.